The summed E-state index contributed by atoms with van der Waals surface area (Å²) in [7, 11) is 0. The summed E-state index contributed by atoms with van der Waals surface area (Å²) in [5.74, 6) is -0.884. The van der Waals surface area contributed by atoms with Crippen molar-refractivity contribution in [3.63, 3.8) is 0 Å². The topological polar surface area (TPSA) is 41.3 Å². The molecule has 1 saturated heterocycles. The molecule has 134 valence electrons. The molecule has 0 radical (unpaired) electrons. The Hall–Kier alpha value is -1.79. The zero-order chi connectivity index (χ0) is 17.4. The second-order valence-electron chi connectivity index (χ2n) is 7.23. The Labute approximate surface area is 146 Å². The Morgan fingerprint density at radius 2 is 1.96 bits per heavy atom. The van der Waals surface area contributed by atoms with Crippen molar-refractivity contribution in [1.29, 1.82) is 0 Å². The molecule has 0 bridgehead atoms. The van der Waals surface area contributed by atoms with Crippen molar-refractivity contribution in [2.45, 2.75) is 56.8 Å². The van der Waals surface area contributed by atoms with Crippen LogP contribution in [0.3, 0.4) is 0 Å². The number of hydrogen-bond donors (Lipinski definition) is 1. The lowest BCUT2D eigenvalue weighted by Gasteiger charge is -2.24. The normalized spacial score (nSPS) is 25.1. The predicted molar refractivity (Wildman–Crippen MR) is 89.9 cm³/mol. The van der Waals surface area contributed by atoms with Gasteiger partial charge in [-0.2, -0.15) is 5.10 Å². The zero-order valence-corrected chi connectivity index (χ0v) is 14.1. The zero-order valence-electron chi connectivity index (χ0n) is 14.1. The van der Waals surface area contributed by atoms with Crippen molar-refractivity contribution < 1.29 is 13.9 Å². The van der Waals surface area contributed by atoms with Crippen LogP contribution in [0.25, 0.3) is 0 Å². The summed E-state index contributed by atoms with van der Waals surface area (Å²) in [4.78, 5) is 1.99. The molecule has 1 saturated carbocycles. The number of halogens is 2. The van der Waals surface area contributed by atoms with Gasteiger partial charge in [-0.25, -0.2) is 8.78 Å². The van der Waals surface area contributed by atoms with E-state index in [2.05, 4.69) is 5.10 Å². The van der Waals surface area contributed by atoms with Crippen LogP contribution in [0.1, 0.15) is 55.4 Å². The molecular weight excluding hydrogens is 324 g/mol. The first kappa shape index (κ1) is 16.7. The first-order valence-corrected chi connectivity index (χ1v) is 9.01. The number of nitrogens with zero attached hydrogens (tertiary/aromatic N) is 3. The number of aliphatic hydroxyl groups excluding tert-OH is 1. The van der Waals surface area contributed by atoms with Crippen LogP contribution in [0.5, 0.6) is 0 Å². The van der Waals surface area contributed by atoms with Crippen LogP contribution in [0.4, 0.5) is 8.78 Å². The molecule has 1 aromatic carbocycles. The van der Waals surface area contributed by atoms with Gasteiger partial charge >= 0.3 is 0 Å². The van der Waals surface area contributed by atoms with Crippen LogP contribution in [-0.4, -0.2) is 32.4 Å². The largest absolute Gasteiger partial charge is 0.392 e. The Bertz CT molecular complexity index is 742. The molecule has 2 unspecified atom stereocenters. The smallest absolute Gasteiger partial charge is 0.128 e. The number of rotatable bonds is 4. The van der Waals surface area contributed by atoms with Gasteiger partial charge in [-0.05, 0) is 43.5 Å². The van der Waals surface area contributed by atoms with Crippen molar-refractivity contribution in [3.8, 4) is 0 Å². The number of likely N-dealkylation sites (tertiary alicyclic amines) is 1. The molecule has 2 heterocycles. The van der Waals surface area contributed by atoms with Crippen LogP contribution in [0.15, 0.2) is 30.5 Å². The Morgan fingerprint density at radius 1 is 1.16 bits per heavy atom. The van der Waals surface area contributed by atoms with Crippen LogP contribution in [0, 0.1) is 11.6 Å². The van der Waals surface area contributed by atoms with Gasteiger partial charge in [-0.3, -0.25) is 9.58 Å². The second-order valence-corrected chi connectivity index (χ2v) is 7.23. The Kier molecular flexibility index (Phi) is 4.56. The Morgan fingerprint density at radius 3 is 2.76 bits per heavy atom. The predicted octanol–water partition coefficient (Wildman–Crippen LogP) is 3.58. The molecule has 4 rings (SSSR count). The summed E-state index contributed by atoms with van der Waals surface area (Å²) in [6, 6.07) is 5.65. The average Bonchev–Trinajstić information content (AvgIpc) is 3.30. The highest BCUT2D eigenvalue weighted by Gasteiger charge is 2.34. The summed E-state index contributed by atoms with van der Waals surface area (Å²) in [6.07, 6.45) is 6.71. The lowest BCUT2D eigenvalue weighted by atomic mass is 10.0. The lowest BCUT2D eigenvalue weighted by Crippen LogP contribution is -2.25. The van der Waals surface area contributed by atoms with Crippen molar-refractivity contribution in [2.24, 2.45) is 0 Å². The molecule has 0 amide bonds. The number of aliphatic hydroxyl groups is 1. The van der Waals surface area contributed by atoms with E-state index in [-0.39, 0.29) is 6.04 Å². The van der Waals surface area contributed by atoms with Gasteiger partial charge in [-0.1, -0.05) is 12.8 Å². The van der Waals surface area contributed by atoms with Crippen LogP contribution >= 0.6 is 0 Å². The molecule has 1 aromatic heterocycles. The van der Waals surface area contributed by atoms with Crippen molar-refractivity contribution in [2.75, 3.05) is 6.54 Å². The molecule has 2 fully saturated rings. The van der Waals surface area contributed by atoms with Gasteiger partial charge in [0.15, 0.2) is 0 Å². The number of hydrogen-bond acceptors (Lipinski definition) is 3. The van der Waals surface area contributed by atoms with E-state index in [0.29, 0.717) is 31.1 Å². The SMILES string of the molecule is OC1CC(c2cc(F)ccc2F)N(Cc2ccn(C3CCCC3)n2)C1. The maximum absolute atomic E-state index is 14.2. The quantitative estimate of drug-likeness (QED) is 0.919. The molecule has 4 nitrogen and oxygen atoms in total. The maximum Gasteiger partial charge on any atom is 0.128 e. The molecule has 2 aromatic rings. The highest BCUT2D eigenvalue weighted by Crippen LogP contribution is 2.35. The first-order valence-electron chi connectivity index (χ1n) is 9.01. The van der Waals surface area contributed by atoms with Gasteiger partial charge < -0.3 is 5.11 Å². The van der Waals surface area contributed by atoms with Gasteiger partial charge in [0.25, 0.3) is 0 Å². The number of benzene rings is 1. The van der Waals surface area contributed by atoms with Crippen molar-refractivity contribution in [3.05, 3.63) is 53.4 Å². The van der Waals surface area contributed by atoms with E-state index < -0.39 is 17.7 Å². The minimum Gasteiger partial charge on any atom is -0.392 e. The van der Waals surface area contributed by atoms with Gasteiger partial charge in [0.1, 0.15) is 11.6 Å². The fourth-order valence-electron chi connectivity index (χ4n) is 4.19. The van der Waals surface area contributed by atoms with E-state index >= 15 is 0 Å². The van der Waals surface area contributed by atoms with Crippen LogP contribution < -0.4 is 0 Å². The fourth-order valence-corrected chi connectivity index (χ4v) is 4.19. The van der Waals surface area contributed by atoms with Gasteiger partial charge in [0, 0.05) is 30.9 Å². The minimum atomic E-state index is -0.537. The second kappa shape index (κ2) is 6.84. The third-order valence-electron chi connectivity index (χ3n) is 5.43. The van der Waals surface area contributed by atoms with Crippen LogP contribution in [0.2, 0.25) is 0 Å². The summed E-state index contributed by atoms with van der Waals surface area (Å²) in [6.45, 7) is 0.967. The summed E-state index contributed by atoms with van der Waals surface area (Å²) in [5.41, 5.74) is 1.22. The molecule has 1 N–H and O–H groups in total. The summed E-state index contributed by atoms with van der Waals surface area (Å²) in [5, 5.41) is 14.7. The third kappa shape index (κ3) is 3.46. The van der Waals surface area contributed by atoms with E-state index in [1.807, 2.05) is 21.8 Å². The molecule has 2 aliphatic rings. The molecular formula is C19H23F2N3O. The average molecular weight is 347 g/mol. The van der Waals surface area contributed by atoms with E-state index in [1.165, 1.54) is 31.7 Å². The van der Waals surface area contributed by atoms with E-state index in [4.69, 9.17) is 0 Å². The lowest BCUT2D eigenvalue weighted by molar-refractivity contribution is 0.171. The number of aromatic nitrogens is 2. The van der Waals surface area contributed by atoms with Crippen molar-refractivity contribution in [1.82, 2.24) is 14.7 Å². The molecule has 2 atom stereocenters. The van der Waals surface area contributed by atoms with E-state index in [1.54, 1.807) is 0 Å². The molecule has 0 spiro atoms. The van der Waals surface area contributed by atoms with Gasteiger partial charge in [0.05, 0.1) is 17.8 Å². The summed E-state index contributed by atoms with van der Waals surface area (Å²) >= 11 is 0. The highest BCUT2D eigenvalue weighted by molar-refractivity contribution is 5.24. The highest BCUT2D eigenvalue weighted by atomic mass is 19.1. The monoisotopic (exact) mass is 347 g/mol. The van der Waals surface area contributed by atoms with E-state index in [0.717, 1.165) is 17.8 Å². The molecule has 25 heavy (non-hydrogen) atoms. The first-order chi connectivity index (χ1) is 12.1. The van der Waals surface area contributed by atoms with E-state index in [9.17, 15) is 13.9 Å². The maximum atomic E-state index is 14.2. The Balaban J connectivity index is 1.53. The molecule has 1 aliphatic carbocycles. The third-order valence-corrected chi connectivity index (χ3v) is 5.43. The van der Waals surface area contributed by atoms with Gasteiger partial charge in [-0.15, -0.1) is 0 Å². The number of β-amino-alcohol motifs (C(OH)–C–C–N with tert-alkyl or cyclic N) is 1. The minimum absolute atomic E-state index is 0.312. The molecule has 1 aliphatic heterocycles. The fraction of sp³-hybridized carbons (Fsp3) is 0.526. The summed E-state index contributed by atoms with van der Waals surface area (Å²) < 4.78 is 29.8. The van der Waals surface area contributed by atoms with Crippen LogP contribution in [-0.2, 0) is 6.54 Å². The van der Waals surface area contributed by atoms with Gasteiger partial charge in [0.2, 0.25) is 0 Å². The van der Waals surface area contributed by atoms with Crippen molar-refractivity contribution >= 4 is 0 Å². The molecule has 6 heteroatoms. The standard InChI is InChI=1S/C19H23F2N3O/c20-13-5-6-18(21)17(9-13)19-10-16(25)12-23(19)11-14-7-8-24(22-14)15-3-1-2-4-15/h5-9,15-16,19,25H,1-4,10-12H2.